The maximum Gasteiger partial charge on any atom is 0.218 e. The van der Waals surface area contributed by atoms with Crippen LogP contribution in [0.25, 0.3) is 0 Å². The van der Waals surface area contributed by atoms with Crippen molar-refractivity contribution in [2.45, 2.75) is 71.4 Å². The topological polar surface area (TPSA) is 43.4 Å². The molecule has 0 aliphatic carbocycles. The Morgan fingerprint density at radius 3 is 2.70 bits per heavy atom. The van der Waals surface area contributed by atoms with Gasteiger partial charge in [-0.15, -0.1) is 0 Å². The molecule has 1 aliphatic heterocycles. The van der Waals surface area contributed by atoms with E-state index >= 15 is 0 Å². The maximum atomic E-state index is 5.77. The van der Waals surface area contributed by atoms with Crippen molar-refractivity contribution in [1.29, 1.82) is 0 Å². The lowest BCUT2D eigenvalue weighted by atomic mass is 9.99. The first-order valence-corrected chi connectivity index (χ1v) is 7.54. The number of rotatable bonds is 5. The van der Waals surface area contributed by atoms with Crippen molar-refractivity contribution < 1.29 is 9.47 Å². The Morgan fingerprint density at radius 1 is 1.35 bits per heavy atom. The fourth-order valence-electron chi connectivity index (χ4n) is 2.71. The summed E-state index contributed by atoms with van der Waals surface area (Å²) in [5.74, 6) is 0.739. The molecule has 1 aliphatic rings. The molecule has 0 bridgehead atoms. The molecule has 1 aromatic rings. The van der Waals surface area contributed by atoms with Crippen molar-refractivity contribution in [3.8, 4) is 5.88 Å². The molecular weight excluding hydrogens is 252 g/mol. The van der Waals surface area contributed by atoms with Crippen LogP contribution in [-0.4, -0.2) is 29.3 Å². The molecule has 20 heavy (non-hydrogen) atoms. The summed E-state index contributed by atoms with van der Waals surface area (Å²) >= 11 is 0. The van der Waals surface area contributed by atoms with Gasteiger partial charge in [0.15, 0.2) is 0 Å². The third-order valence-corrected chi connectivity index (χ3v) is 3.48. The molecule has 2 atom stereocenters. The number of nitrogens with zero attached hydrogens (tertiary/aromatic N) is 1. The normalized spacial score (nSPS) is 26.8. The van der Waals surface area contributed by atoms with E-state index in [1.807, 2.05) is 19.9 Å². The number of nitrogens with one attached hydrogen (secondary N) is 1. The first kappa shape index (κ1) is 15.3. The zero-order valence-electron chi connectivity index (χ0n) is 12.9. The second-order valence-corrected chi connectivity index (χ2v) is 5.94. The Kier molecular flexibility index (Phi) is 5.38. The van der Waals surface area contributed by atoms with Gasteiger partial charge < -0.3 is 14.8 Å². The molecule has 112 valence electrons. The molecule has 1 saturated heterocycles. The predicted molar refractivity (Wildman–Crippen MR) is 79.9 cm³/mol. The van der Waals surface area contributed by atoms with Crippen molar-refractivity contribution in [2.75, 3.05) is 0 Å². The number of ether oxygens (including phenoxy) is 2. The molecule has 1 aromatic heterocycles. The van der Waals surface area contributed by atoms with Crippen LogP contribution in [0.4, 0.5) is 0 Å². The van der Waals surface area contributed by atoms with Gasteiger partial charge >= 0.3 is 0 Å². The van der Waals surface area contributed by atoms with E-state index in [2.05, 4.69) is 30.2 Å². The highest BCUT2D eigenvalue weighted by Crippen LogP contribution is 2.21. The molecule has 1 fully saturated rings. The molecule has 4 heteroatoms. The Bertz CT molecular complexity index is 413. The van der Waals surface area contributed by atoms with Gasteiger partial charge in [-0.1, -0.05) is 6.07 Å². The molecule has 0 radical (unpaired) electrons. The van der Waals surface area contributed by atoms with Gasteiger partial charge in [0.2, 0.25) is 5.88 Å². The van der Waals surface area contributed by atoms with Crippen molar-refractivity contribution in [3.63, 3.8) is 0 Å². The first-order valence-electron chi connectivity index (χ1n) is 7.54. The van der Waals surface area contributed by atoms with Gasteiger partial charge in [-0.2, -0.15) is 0 Å². The summed E-state index contributed by atoms with van der Waals surface area (Å²) in [6.07, 6.45) is 4.70. The van der Waals surface area contributed by atoms with Gasteiger partial charge in [-0.3, -0.25) is 0 Å². The van der Waals surface area contributed by atoms with E-state index in [0.29, 0.717) is 18.2 Å². The van der Waals surface area contributed by atoms with Gasteiger partial charge in [-0.25, -0.2) is 4.98 Å². The number of hydrogen-bond acceptors (Lipinski definition) is 4. The molecule has 0 spiro atoms. The molecule has 2 heterocycles. The van der Waals surface area contributed by atoms with Crippen molar-refractivity contribution in [1.82, 2.24) is 10.3 Å². The van der Waals surface area contributed by atoms with Gasteiger partial charge in [-0.05, 0) is 46.6 Å². The summed E-state index contributed by atoms with van der Waals surface area (Å²) in [5, 5.41) is 3.61. The lowest BCUT2D eigenvalue weighted by molar-refractivity contribution is -0.0423. The predicted octanol–water partition coefficient (Wildman–Crippen LogP) is 2.91. The first-order chi connectivity index (χ1) is 9.54. The van der Waals surface area contributed by atoms with E-state index in [1.165, 1.54) is 0 Å². The zero-order chi connectivity index (χ0) is 14.5. The van der Waals surface area contributed by atoms with Crippen LogP contribution in [0.1, 0.15) is 46.1 Å². The summed E-state index contributed by atoms with van der Waals surface area (Å²) in [5.41, 5.74) is 1.12. The van der Waals surface area contributed by atoms with Gasteiger partial charge in [0.05, 0.1) is 18.3 Å². The molecule has 0 saturated carbocycles. The molecule has 0 amide bonds. The number of pyridine rings is 1. The Balaban J connectivity index is 1.93. The summed E-state index contributed by atoms with van der Waals surface area (Å²) in [6.45, 7) is 9.12. The smallest absolute Gasteiger partial charge is 0.218 e. The molecule has 2 rings (SSSR count). The second kappa shape index (κ2) is 7.04. The van der Waals surface area contributed by atoms with Crippen LogP contribution in [0.5, 0.6) is 5.88 Å². The number of hydrogen-bond donors (Lipinski definition) is 1. The summed E-state index contributed by atoms with van der Waals surface area (Å²) in [4.78, 5) is 4.33. The highest BCUT2D eigenvalue weighted by molar-refractivity contribution is 5.25. The van der Waals surface area contributed by atoms with E-state index in [9.17, 15) is 0 Å². The lowest BCUT2D eigenvalue weighted by Crippen LogP contribution is -2.41. The summed E-state index contributed by atoms with van der Waals surface area (Å²) in [6, 6.07) is 4.53. The SMILES string of the molecule is CC(C)Oc1ncccc1CNC1CC(C)OC(C)C1. The quantitative estimate of drug-likeness (QED) is 0.899. The Labute approximate surface area is 121 Å². The van der Waals surface area contributed by atoms with Crippen LogP contribution in [0.3, 0.4) is 0 Å². The van der Waals surface area contributed by atoms with Crippen molar-refractivity contribution in [2.24, 2.45) is 0 Å². The largest absolute Gasteiger partial charge is 0.475 e. The van der Waals surface area contributed by atoms with E-state index in [4.69, 9.17) is 9.47 Å². The molecule has 4 nitrogen and oxygen atoms in total. The van der Waals surface area contributed by atoms with Crippen LogP contribution in [-0.2, 0) is 11.3 Å². The standard InChI is InChI=1S/C16H26N2O2/c1-11(2)19-16-14(6-5-7-17-16)10-18-15-8-12(3)20-13(4)9-15/h5-7,11-13,15,18H,8-10H2,1-4H3. The van der Waals surface area contributed by atoms with Crippen LogP contribution < -0.4 is 10.1 Å². The molecule has 1 N–H and O–H groups in total. The zero-order valence-corrected chi connectivity index (χ0v) is 12.9. The maximum absolute atomic E-state index is 5.77. The third-order valence-electron chi connectivity index (χ3n) is 3.48. The van der Waals surface area contributed by atoms with Crippen LogP contribution in [0.15, 0.2) is 18.3 Å². The average Bonchev–Trinajstić information content (AvgIpc) is 2.36. The number of aromatic nitrogens is 1. The molecule has 0 aromatic carbocycles. The summed E-state index contributed by atoms with van der Waals surface area (Å²) < 4.78 is 11.5. The minimum absolute atomic E-state index is 0.145. The lowest BCUT2D eigenvalue weighted by Gasteiger charge is -2.32. The second-order valence-electron chi connectivity index (χ2n) is 5.94. The van der Waals surface area contributed by atoms with Gasteiger partial charge in [0.25, 0.3) is 0 Å². The van der Waals surface area contributed by atoms with E-state index in [-0.39, 0.29) is 6.10 Å². The van der Waals surface area contributed by atoms with Gasteiger partial charge in [0, 0.05) is 24.3 Å². The van der Waals surface area contributed by atoms with Crippen LogP contribution in [0, 0.1) is 0 Å². The van der Waals surface area contributed by atoms with Gasteiger partial charge in [0.1, 0.15) is 0 Å². The van der Waals surface area contributed by atoms with Crippen molar-refractivity contribution in [3.05, 3.63) is 23.9 Å². The fraction of sp³-hybridized carbons (Fsp3) is 0.688. The minimum atomic E-state index is 0.145. The highest BCUT2D eigenvalue weighted by Gasteiger charge is 2.24. The molecular formula is C16H26N2O2. The Morgan fingerprint density at radius 2 is 2.05 bits per heavy atom. The minimum Gasteiger partial charge on any atom is -0.475 e. The van der Waals surface area contributed by atoms with E-state index in [1.54, 1.807) is 6.20 Å². The average molecular weight is 278 g/mol. The third kappa shape index (κ3) is 4.46. The van der Waals surface area contributed by atoms with Crippen molar-refractivity contribution >= 4 is 0 Å². The monoisotopic (exact) mass is 278 g/mol. The van der Waals surface area contributed by atoms with E-state index in [0.717, 1.165) is 30.8 Å². The molecule has 2 unspecified atom stereocenters. The van der Waals surface area contributed by atoms with E-state index < -0.39 is 0 Å². The fourth-order valence-corrected chi connectivity index (χ4v) is 2.71. The highest BCUT2D eigenvalue weighted by atomic mass is 16.5. The van der Waals surface area contributed by atoms with Crippen LogP contribution >= 0.6 is 0 Å². The van der Waals surface area contributed by atoms with Crippen LogP contribution in [0.2, 0.25) is 0 Å². The summed E-state index contributed by atoms with van der Waals surface area (Å²) in [7, 11) is 0. The Hall–Kier alpha value is -1.13.